The Labute approximate surface area is 149 Å². The van der Waals surface area contributed by atoms with Gasteiger partial charge >= 0.3 is 6.18 Å². The number of nitrogens with zero attached hydrogens (tertiary/aromatic N) is 1. The first kappa shape index (κ1) is 20.2. The Morgan fingerprint density at radius 3 is 2.54 bits per heavy atom. The maximum atomic E-state index is 12.7. The van der Waals surface area contributed by atoms with E-state index in [0.717, 1.165) is 18.2 Å². The number of sulfone groups is 1. The van der Waals surface area contributed by atoms with Gasteiger partial charge < -0.3 is 10.2 Å². The number of halogens is 3. The number of rotatable bonds is 5. The summed E-state index contributed by atoms with van der Waals surface area (Å²) in [5.74, 6) is -1.45. The van der Waals surface area contributed by atoms with Gasteiger partial charge in [-0.25, -0.2) is 8.42 Å². The van der Waals surface area contributed by atoms with Crippen molar-refractivity contribution in [2.75, 3.05) is 23.4 Å². The molecule has 2 amide bonds. The molecule has 0 aliphatic carbocycles. The van der Waals surface area contributed by atoms with Gasteiger partial charge in [-0.2, -0.15) is 13.2 Å². The summed E-state index contributed by atoms with van der Waals surface area (Å²) in [6.45, 7) is 1.92. The van der Waals surface area contributed by atoms with E-state index in [9.17, 15) is 31.2 Å². The van der Waals surface area contributed by atoms with Crippen LogP contribution in [0.5, 0.6) is 0 Å². The second-order valence-corrected chi connectivity index (χ2v) is 8.27. The van der Waals surface area contributed by atoms with Crippen LogP contribution in [0.3, 0.4) is 0 Å². The highest BCUT2D eigenvalue weighted by atomic mass is 32.2. The van der Waals surface area contributed by atoms with E-state index in [1.165, 1.54) is 11.0 Å². The van der Waals surface area contributed by atoms with Gasteiger partial charge in [0.2, 0.25) is 11.8 Å². The molecule has 0 bridgehead atoms. The molecule has 0 saturated carbocycles. The van der Waals surface area contributed by atoms with Crippen LogP contribution in [0.4, 0.5) is 18.9 Å². The minimum Gasteiger partial charge on any atom is -0.338 e. The number of benzene rings is 1. The first-order valence-corrected chi connectivity index (χ1v) is 9.81. The number of nitrogens with one attached hydrogen (secondary N) is 1. The molecule has 0 spiro atoms. The smallest absolute Gasteiger partial charge is 0.338 e. The molecular formula is C16H19F3N2O4S. The van der Waals surface area contributed by atoms with Crippen molar-refractivity contribution in [3.63, 3.8) is 0 Å². The van der Waals surface area contributed by atoms with Crippen molar-refractivity contribution in [3.8, 4) is 0 Å². The van der Waals surface area contributed by atoms with Crippen molar-refractivity contribution in [2.45, 2.75) is 32.0 Å². The van der Waals surface area contributed by atoms with Gasteiger partial charge in [0, 0.05) is 18.3 Å². The van der Waals surface area contributed by atoms with E-state index in [-0.39, 0.29) is 23.7 Å². The Hall–Kier alpha value is -2.10. The summed E-state index contributed by atoms with van der Waals surface area (Å²) in [7, 11) is -3.18. The highest BCUT2D eigenvalue weighted by molar-refractivity contribution is 7.91. The van der Waals surface area contributed by atoms with E-state index in [0.29, 0.717) is 6.42 Å². The van der Waals surface area contributed by atoms with Crippen LogP contribution in [0.15, 0.2) is 24.3 Å². The van der Waals surface area contributed by atoms with Crippen LogP contribution < -0.4 is 5.32 Å². The van der Waals surface area contributed by atoms with Crippen LogP contribution in [0.2, 0.25) is 0 Å². The zero-order chi connectivity index (χ0) is 19.5. The molecule has 1 atom stereocenters. The molecule has 144 valence electrons. The van der Waals surface area contributed by atoms with Crippen molar-refractivity contribution in [3.05, 3.63) is 29.8 Å². The Bertz CT molecular complexity index is 793. The van der Waals surface area contributed by atoms with Gasteiger partial charge in [-0.05, 0) is 31.5 Å². The van der Waals surface area contributed by atoms with Crippen LogP contribution in [-0.4, -0.2) is 49.2 Å². The number of carbonyl (C=O) groups is 2. The third kappa shape index (κ3) is 5.20. The second kappa shape index (κ2) is 7.65. The third-order valence-corrected chi connectivity index (χ3v) is 5.85. The van der Waals surface area contributed by atoms with Crippen LogP contribution in [0.25, 0.3) is 0 Å². The van der Waals surface area contributed by atoms with Crippen LogP contribution in [0.1, 0.15) is 25.3 Å². The number of hydrogen-bond acceptors (Lipinski definition) is 4. The molecule has 1 fully saturated rings. The molecule has 0 radical (unpaired) electrons. The van der Waals surface area contributed by atoms with Gasteiger partial charge in [0.1, 0.15) is 6.42 Å². The standard InChI is InChI=1S/C16H19F3N2O4S/c1-2-21(13-6-7-26(24,25)10-13)15(23)9-14(22)20-12-5-3-4-11(8-12)16(17,18)19/h3-5,8,13H,2,6-7,9-10H2,1H3,(H,20,22). The molecule has 1 aromatic rings. The zero-order valence-electron chi connectivity index (χ0n) is 14.0. The van der Waals surface area contributed by atoms with Gasteiger partial charge in [-0.3, -0.25) is 9.59 Å². The van der Waals surface area contributed by atoms with Gasteiger partial charge in [0.05, 0.1) is 17.1 Å². The van der Waals surface area contributed by atoms with Crippen molar-refractivity contribution >= 4 is 27.3 Å². The fourth-order valence-electron chi connectivity index (χ4n) is 2.88. The van der Waals surface area contributed by atoms with E-state index >= 15 is 0 Å². The number of alkyl halides is 3. The van der Waals surface area contributed by atoms with Crippen molar-refractivity contribution in [1.82, 2.24) is 4.90 Å². The molecule has 1 aliphatic heterocycles. The lowest BCUT2D eigenvalue weighted by molar-refractivity contribution is -0.138. The topological polar surface area (TPSA) is 83.6 Å². The van der Waals surface area contributed by atoms with E-state index in [4.69, 9.17) is 0 Å². The Balaban J connectivity index is 1.99. The molecule has 1 heterocycles. The fourth-order valence-corrected chi connectivity index (χ4v) is 4.61. The van der Waals surface area contributed by atoms with Crippen LogP contribution in [0, 0.1) is 0 Å². The van der Waals surface area contributed by atoms with Crippen molar-refractivity contribution in [2.24, 2.45) is 0 Å². The molecule has 1 N–H and O–H groups in total. The van der Waals surface area contributed by atoms with Crippen molar-refractivity contribution < 1.29 is 31.2 Å². The van der Waals surface area contributed by atoms with Crippen LogP contribution >= 0.6 is 0 Å². The van der Waals surface area contributed by atoms with Crippen molar-refractivity contribution in [1.29, 1.82) is 0 Å². The highest BCUT2D eigenvalue weighted by Crippen LogP contribution is 2.30. The van der Waals surface area contributed by atoms with Gasteiger partial charge in [-0.15, -0.1) is 0 Å². The largest absolute Gasteiger partial charge is 0.416 e. The molecule has 26 heavy (non-hydrogen) atoms. The summed E-state index contributed by atoms with van der Waals surface area (Å²) in [6.07, 6.45) is -4.79. The predicted molar refractivity (Wildman–Crippen MR) is 89.1 cm³/mol. The quantitative estimate of drug-likeness (QED) is 0.778. The van der Waals surface area contributed by atoms with Crippen LogP contribution in [-0.2, 0) is 25.6 Å². The molecule has 1 saturated heterocycles. The number of hydrogen-bond donors (Lipinski definition) is 1. The summed E-state index contributed by atoms with van der Waals surface area (Å²) in [5, 5.41) is 2.27. The van der Waals surface area contributed by atoms with E-state index in [1.54, 1.807) is 6.92 Å². The molecular weight excluding hydrogens is 373 g/mol. The Kier molecular flexibility index (Phi) is 5.94. The molecule has 6 nitrogen and oxygen atoms in total. The fraction of sp³-hybridized carbons (Fsp3) is 0.500. The SMILES string of the molecule is CCN(C(=O)CC(=O)Nc1cccc(C(F)(F)F)c1)C1CCS(=O)(=O)C1. The molecule has 0 aromatic heterocycles. The number of amides is 2. The third-order valence-electron chi connectivity index (χ3n) is 4.10. The first-order valence-electron chi connectivity index (χ1n) is 7.99. The lowest BCUT2D eigenvalue weighted by atomic mass is 10.2. The summed E-state index contributed by atoms with van der Waals surface area (Å²) in [5.41, 5.74) is -0.975. The lowest BCUT2D eigenvalue weighted by Gasteiger charge is -2.26. The molecule has 1 aliphatic rings. The van der Waals surface area contributed by atoms with Gasteiger partial charge in [-0.1, -0.05) is 6.07 Å². The van der Waals surface area contributed by atoms with E-state index in [1.807, 2.05) is 0 Å². The average Bonchev–Trinajstić information content (AvgIpc) is 2.87. The number of carbonyl (C=O) groups excluding carboxylic acids is 2. The molecule has 2 rings (SSSR count). The monoisotopic (exact) mass is 392 g/mol. The molecule has 1 aromatic carbocycles. The summed E-state index contributed by atoms with van der Waals surface area (Å²) < 4.78 is 61.1. The summed E-state index contributed by atoms with van der Waals surface area (Å²) in [4.78, 5) is 25.6. The summed E-state index contributed by atoms with van der Waals surface area (Å²) in [6, 6.07) is 3.63. The second-order valence-electron chi connectivity index (χ2n) is 6.04. The number of anilines is 1. The molecule has 1 unspecified atom stereocenters. The first-order chi connectivity index (χ1) is 12.0. The van der Waals surface area contributed by atoms with E-state index in [2.05, 4.69) is 5.32 Å². The average molecular weight is 392 g/mol. The Morgan fingerprint density at radius 2 is 2.00 bits per heavy atom. The zero-order valence-corrected chi connectivity index (χ0v) is 14.9. The minimum absolute atomic E-state index is 0.00211. The highest BCUT2D eigenvalue weighted by Gasteiger charge is 2.34. The molecule has 10 heteroatoms. The normalized spacial score (nSPS) is 19.2. The maximum Gasteiger partial charge on any atom is 0.416 e. The van der Waals surface area contributed by atoms with Gasteiger partial charge in [0.25, 0.3) is 0 Å². The maximum absolute atomic E-state index is 12.7. The van der Waals surface area contributed by atoms with Gasteiger partial charge in [0.15, 0.2) is 9.84 Å². The Morgan fingerprint density at radius 1 is 1.31 bits per heavy atom. The minimum atomic E-state index is -4.54. The predicted octanol–water partition coefficient (Wildman–Crippen LogP) is 2.07. The van der Waals surface area contributed by atoms with E-state index < -0.39 is 45.9 Å². The lowest BCUT2D eigenvalue weighted by Crippen LogP contribution is -2.42. The summed E-state index contributed by atoms with van der Waals surface area (Å²) >= 11 is 0.